The summed E-state index contributed by atoms with van der Waals surface area (Å²) in [6.07, 6.45) is 1.28. The van der Waals surface area contributed by atoms with E-state index in [-0.39, 0.29) is 6.61 Å². The minimum Gasteiger partial charge on any atom is -0.484 e. The van der Waals surface area contributed by atoms with Crippen molar-refractivity contribution in [3.05, 3.63) is 50.9 Å². The maximum absolute atomic E-state index is 11.2. The minimum atomic E-state index is -0.451. The zero-order valence-electron chi connectivity index (χ0n) is 9.95. The van der Waals surface area contributed by atoms with E-state index >= 15 is 0 Å². The Kier molecular flexibility index (Phi) is 4.77. The number of amides is 1. The van der Waals surface area contributed by atoms with Crippen LogP contribution in [0.2, 0.25) is 15.1 Å². The predicted molar refractivity (Wildman–Crippen MR) is 76.2 cm³/mol. The van der Waals surface area contributed by atoms with E-state index < -0.39 is 5.91 Å². The topological polar surface area (TPSA) is 77.5 Å². The third-order valence-corrected chi connectivity index (χ3v) is 3.41. The van der Waals surface area contributed by atoms with Crippen molar-refractivity contribution in [2.75, 3.05) is 0 Å². The monoisotopic (exact) mass is 334 g/mol. The van der Waals surface area contributed by atoms with Crippen molar-refractivity contribution in [2.45, 2.75) is 6.61 Å². The predicted octanol–water partition coefficient (Wildman–Crippen LogP) is 3.42. The van der Waals surface area contributed by atoms with Gasteiger partial charge < -0.3 is 9.15 Å². The lowest BCUT2D eigenvalue weighted by molar-refractivity contribution is 0.0953. The number of nitrogens with two attached hydrogens (primary N) is 1. The summed E-state index contributed by atoms with van der Waals surface area (Å²) in [5.41, 5.74) is 2.30. The summed E-state index contributed by atoms with van der Waals surface area (Å²) in [6.45, 7) is 0.0789. The molecule has 1 aromatic heterocycles. The van der Waals surface area contributed by atoms with Crippen LogP contribution < -0.4 is 16.0 Å². The van der Waals surface area contributed by atoms with Crippen molar-refractivity contribution in [3.63, 3.8) is 0 Å². The van der Waals surface area contributed by atoms with Gasteiger partial charge in [-0.05, 0) is 12.1 Å². The van der Waals surface area contributed by atoms with E-state index in [9.17, 15) is 4.79 Å². The molecule has 5 nitrogen and oxygen atoms in total. The number of hydrogen-bond acceptors (Lipinski definition) is 4. The molecule has 0 radical (unpaired) electrons. The first-order valence-corrected chi connectivity index (χ1v) is 6.50. The summed E-state index contributed by atoms with van der Waals surface area (Å²) in [4.78, 5) is 11.2. The Bertz CT molecular complexity index is 643. The Balaban J connectivity index is 2.07. The minimum absolute atomic E-state index is 0.0789. The fourth-order valence-electron chi connectivity index (χ4n) is 1.42. The first-order valence-electron chi connectivity index (χ1n) is 5.37. The SMILES string of the molecule is NNC(=O)c1coc(COc2cc(Cl)c(Cl)cc2Cl)c1. The lowest BCUT2D eigenvalue weighted by atomic mass is 10.3. The maximum atomic E-state index is 11.2. The Morgan fingerprint density at radius 3 is 2.60 bits per heavy atom. The summed E-state index contributed by atoms with van der Waals surface area (Å²) >= 11 is 17.6. The molecular weight excluding hydrogens is 327 g/mol. The average molecular weight is 336 g/mol. The molecule has 0 atom stereocenters. The lowest BCUT2D eigenvalue weighted by Gasteiger charge is -2.07. The first kappa shape index (κ1) is 15.0. The molecule has 1 heterocycles. The second-order valence-electron chi connectivity index (χ2n) is 3.76. The molecule has 2 aromatic rings. The van der Waals surface area contributed by atoms with Crippen LogP contribution >= 0.6 is 34.8 Å². The molecule has 0 aliphatic heterocycles. The van der Waals surface area contributed by atoms with Gasteiger partial charge in [0.25, 0.3) is 5.91 Å². The average Bonchev–Trinajstić information content (AvgIpc) is 2.89. The number of ether oxygens (including phenoxy) is 1. The highest BCUT2D eigenvalue weighted by Crippen LogP contribution is 2.34. The van der Waals surface area contributed by atoms with E-state index in [1.165, 1.54) is 24.5 Å². The summed E-state index contributed by atoms with van der Waals surface area (Å²) in [6, 6.07) is 4.49. The normalized spacial score (nSPS) is 10.4. The van der Waals surface area contributed by atoms with Gasteiger partial charge in [0.15, 0.2) is 0 Å². The quantitative estimate of drug-likeness (QED) is 0.388. The number of hydrogen-bond donors (Lipinski definition) is 2. The lowest BCUT2D eigenvalue weighted by Crippen LogP contribution is -2.29. The van der Waals surface area contributed by atoms with Crippen molar-refractivity contribution >= 4 is 40.7 Å². The van der Waals surface area contributed by atoms with Gasteiger partial charge in [-0.2, -0.15) is 0 Å². The molecule has 2 rings (SSSR count). The molecule has 1 amide bonds. The summed E-state index contributed by atoms with van der Waals surface area (Å²) in [7, 11) is 0. The van der Waals surface area contributed by atoms with Crippen LogP contribution in [0.5, 0.6) is 5.75 Å². The standard InChI is InChI=1S/C12H9Cl3N2O3/c13-8-2-10(15)11(3-9(8)14)20-5-7-1-6(4-19-7)12(18)17-16/h1-4H,5,16H2,(H,17,18). The van der Waals surface area contributed by atoms with Gasteiger partial charge in [0.1, 0.15) is 24.4 Å². The number of rotatable bonds is 4. The van der Waals surface area contributed by atoms with Crippen LogP contribution in [0.15, 0.2) is 28.9 Å². The van der Waals surface area contributed by atoms with E-state index in [1.807, 2.05) is 5.43 Å². The number of hydrazine groups is 1. The van der Waals surface area contributed by atoms with Crippen LogP contribution in [0, 0.1) is 0 Å². The van der Waals surface area contributed by atoms with Crippen LogP contribution in [0.3, 0.4) is 0 Å². The van der Waals surface area contributed by atoms with Crippen LogP contribution in [0.1, 0.15) is 16.1 Å². The molecule has 0 spiro atoms. The molecule has 1 aromatic carbocycles. The number of furan rings is 1. The molecule has 3 N–H and O–H groups in total. The van der Waals surface area contributed by atoms with Crippen LogP contribution in [0.4, 0.5) is 0 Å². The smallest absolute Gasteiger partial charge is 0.268 e. The highest BCUT2D eigenvalue weighted by Gasteiger charge is 2.11. The molecular formula is C12H9Cl3N2O3. The Labute approximate surface area is 129 Å². The number of halogens is 3. The number of carbonyl (C=O) groups is 1. The third-order valence-electron chi connectivity index (χ3n) is 2.39. The van der Waals surface area contributed by atoms with E-state index in [4.69, 9.17) is 49.8 Å². The van der Waals surface area contributed by atoms with Crippen LogP contribution in [-0.4, -0.2) is 5.91 Å². The van der Waals surface area contributed by atoms with Crippen molar-refractivity contribution in [1.82, 2.24) is 5.43 Å². The molecule has 20 heavy (non-hydrogen) atoms. The fourth-order valence-corrected chi connectivity index (χ4v) is 2.01. The molecule has 0 bridgehead atoms. The maximum Gasteiger partial charge on any atom is 0.268 e. The van der Waals surface area contributed by atoms with Gasteiger partial charge in [0, 0.05) is 6.07 Å². The van der Waals surface area contributed by atoms with Crippen LogP contribution in [0.25, 0.3) is 0 Å². The number of carbonyl (C=O) groups excluding carboxylic acids is 1. The highest BCUT2D eigenvalue weighted by atomic mass is 35.5. The number of benzene rings is 1. The van der Waals surface area contributed by atoms with E-state index in [0.717, 1.165) is 0 Å². The summed E-state index contributed by atoms with van der Waals surface area (Å²) in [5, 5.41) is 0.989. The largest absolute Gasteiger partial charge is 0.484 e. The molecule has 0 saturated heterocycles. The van der Waals surface area contributed by atoms with Crippen molar-refractivity contribution in [3.8, 4) is 5.75 Å². The van der Waals surface area contributed by atoms with Crippen molar-refractivity contribution in [2.24, 2.45) is 5.84 Å². The molecule has 8 heteroatoms. The van der Waals surface area contributed by atoms with E-state index in [0.29, 0.717) is 32.1 Å². The van der Waals surface area contributed by atoms with Gasteiger partial charge in [-0.25, -0.2) is 5.84 Å². The first-order chi connectivity index (χ1) is 9.51. The van der Waals surface area contributed by atoms with Crippen molar-refractivity contribution in [1.29, 1.82) is 0 Å². The second-order valence-corrected chi connectivity index (χ2v) is 4.98. The number of nitrogen functional groups attached to an aromatic ring is 1. The molecule has 0 aliphatic rings. The Morgan fingerprint density at radius 1 is 1.20 bits per heavy atom. The molecule has 0 aliphatic carbocycles. The van der Waals surface area contributed by atoms with Gasteiger partial charge in [0.2, 0.25) is 0 Å². The zero-order chi connectivity index (χ0) is 14.7. The van der Waals surface area contributed by atoms with E-state index in [1.54, 1.807) is 0 Å². The Morgan fingerprint density at radius 2 is 1.90 bits per heavy atom. The summed E-state index contributed by atoms with van der Waals surface area (Å²) < 4.78 is 10.6. The number of nitrogens with one attached hydrogen (secondary N) is 1. The summed E-state index contributed by atoms with van der Waals surface area (Å²) in [5.74, 6) is 5.36. The molecule has 0 unspecified atom stereocenters. The van der Waals surface area contributed by atoms with Gasteiger partial charge in [0.05, 0.1) is 20.6 Å². The third kappa shape index (κ3) is 3.37. The van der Waals surface area contributed by atoms with Crippen molar-refractivity contribution < 1.29 is 13.9 Å². The van der Waals surface area contributed by atoms with E-state index in [2.05, 4.69) is 0 Å². The second kappa shape index (κ2) is 6.37. The molecule has 106 valence electrons. The van der Waals surface area contributed by atoms with Gasteiger partial charge >= 0.3 is 0 Å². The van der Waals surface area contributed by atoms with Gasteiger partial charge in [-0.3, -0.25) is 10.2 Å². The highest BCUT2D eigenvalue weighted by molar-refractivity contribution is 6.43. The zero-order valence-corrected chi connectivity index (χ0v) is 12.2. The Hall–Kier alpha value is -1.40. The van der Waals surface area contributed by atoms with Crippen LogP contribution in [-0.2, 0) is 6.61 Å². The fraction of sp³-hybridized carbons (Fsp3) is 0.0833. The molecule has 0 saturated carbocycles. The van der Waals surface area contributed by atoms with Gasteiger partial charge in [-0.15, -0.1) is 0 Å². The molecule has 0 fully saturated rings. The van der Waals surface area contributed by atoms with Gasteiger partial charge in [-0.1, -0.05) is 34.8 Å².